The first kappa shape index (κ1) is 19.5. The van der Waals surface area contributed by atoms with Crippen molar-refractivity contribution in [2.45, 2.75) is 32.7 Å². The molecule has 4 rings (SSSR count). The molecule has 154 valence electrons. The Morgan fingerprint density at radius 1 is 1.10 bits per heavy atom. The van der Waals surface area contributed by atoms with E-state index in [0.29, 0.717) is 45.6 Å². The number of likely N-dealkylation sites (tertiary alicyclic amines) is 1. The molecule has 0 aliphatic carbocycles. The number of rotatable bonds is 4. The quantitative estimate of drug-likeness (QED) is 0.854. The predicted molar refractivity (Wildman–Crippen MR) is 110 cm³/mol. The monoisotopic (exact) mass is 396 g/mol. The Balaban J connectivity index is 1.32. The Bertz CT molecular complexity index is 927. The van der Waals surface area contributed by atoms with E-state index in [2.05, 4.69) is 4.98 Å². The highest BCUT2D eigenvalue weighted by Gasteiger charge is 2.38. The zero-order valence-corrected chi connectivity index (χ0v) is 17.1. The molecule has 1 aromatic heterocycles. The SMILES string of the molecule is CC(C)N1CC(C(=O)N2CCN(C(=O)Cc3c[nH]c4ccccc34)CC2)CC1=O. The van der Waals surface area contributed by atoms with Crippen LogP contribution in [-0.2, 0) is 20.8 Å². The predicted octanol–water partition coefficient (Wildman–Crippen LogP) is 1.64. The number of carbonyl (C=O) groups excluding carboxylic acids is 3. The number of hydrogen-bond acceptors (Lipinski definition) is 3. The van der Waals surface area contributed by atoms with Gasteiger partial charge in [0.05, 0.1) is 12.3 Å². The van der Waals surface area contributed by atoms with Crippen molar-refractivity contribution in [3.05, 3.63) is 36.0 Å². The van der Waals surface area contributed by atoms with E-state index in [1.807, 2.05) is 54.1 Å². The van der Waals surface area contributed by atoms with Crippen molar-refractivity contribution < 1.29 is 14.4 Å². The molecule has 0 bridgehead atoms. The zero-order valence-electron chi connectivity index (χ0n) is 17.1. The van der Waals surface area contributed by atoms with Crippen LogP contribution in [0.25, 0.3) is 10.9 Å². The fourth-order valence-corrected chi connectivity index (χ4v) is 4.38. The van der Waals surface area contributed by atoms with Gasteiger partial charge < -0.3 is 19.7 Å². The molecule has 1 atom stereocenters. The molecule has 2 aliphatic heterocycles. The van der Waals surface area contributed by atoms with Crippen LogP contribution in [0, 0.1) is 5.92 Å². The molecule has 0 saturated carbocycles. The lowest BCUT2D eigenvalue weighted by molar-refractivity contribution is -0.141. The number of fused-ring (bicyclic) bond motifs is 1. The molecule has 2 saturated heterocycles. The van der Waals surface area contributed by atoms with E-state index < -0.39 is 0 Å². The zero-order chi connectivity index (χ0) is 20.5. The first-order valence-electron chi connectivity index (χ1n) is 10.3. The molecule has 7 nitrogen and oxygen atoms in total. The third kappa shape index (κ3) is 3.86. The van der Waals surface area contributed by atoms with Crippen LogP contribution >= 0.6 is 0 Å². The van der Waals surface area contributed by atoms with Gasteiger partial charge in [-0.05, 0) is 25.5 Å². The van der Waals surface area contributed by atoms with E-state index >= 15 is 0 Å². The summed E-state index contributed by atoms with van der Waals surface area (Å²) in [6, 6.07) is 8.09. The fraction of sp³-hybridized carbons (Fsp3) is 0.500. The number of aromatic amines is 1. The van der Waals surface area contributed by atoms with Gasteiger partial charge >= 0.3 is 0 Å². The second-order valence-corrected chi connectivity index (χ2v) is 8.28. The molecule has 7 heteroatoms. The summed E-state index contributed by atoms with van der Waals surface area (Å²) in [4.78, 5) is 46.3. The normalized spacial score (nSPS) is 20.2. The van der Waals surface area contributed by atoms with Gasteiger partial charge in [0.2, 0.25) is 17.7 Å². The molecule has 2 aliphatic rings. The lowest BCUT2D eigenvalue weighted by Crippen LogP contribution is -2.52. The molecule has 0 radical (unpaired) electrons. The van der Waals surface area contributed by atoms with E-state index in [1.54, 1.807) is 4.90 Å². The average Bonchev–Trinajstić information content (AvgIpc) is 3.31. The number of benzene rings is 1. The van der Waals surface area contributed by atoms with Gasteiger partial charge in [0.1, 0.15) is 0 Å². The molecule has 3 heterocycles. The molecule has 2 fully saturated rings. The van der Waals surface area contributed by atoms with Crippen molar-refractivity contribution in [1.29, 1.82) is 0 Å². The molecule has 1 N–H and O–H groups in total. The first-order valence-corrected chi connectivity index (χ1v) is 10.3. The Labute approximate surface area is 170 Å². The third-order valence-corrected chi connectivity index (χ3v) is 6.09. The maximum Gasteiger partial charge on any atom is 0.228 e. The highest BCUT2D eigenvalue weighted by Crippen LogP contribution is 2.23. The number of amides is 3. The number of aromatic nitrogens is 1. The van der Waals surface area contributed by atoms with E-state index in [1.165, 1.54) is 0 Å². The van der Waals surface area contributed by atoms with Crippen LogP contribution < -0.4 is 0 Å². The molecule has 2 aromatic rings. The summed E-state index contributed by atoms with van der Waals surface area (Å²) in [5.41, 5.74) is 2.04. The molecule has 0 spiro atoms. The number of H-pyrrole nitrogens is 1. The molecule has 1 aromatic carbocycles. The summed E-state index contributed by atoms with van der Waals surface area (Å²) >= 11 is 0. The molecule has 29 heavy (non-hydrogen) atoms. The highest BCUT2D eigenvalue weighted by atomic mass is 16.2. The van der Waals surface area contributed by atoms with Crippen molar-refractivity contribution in [2.75, 3.05) is 32.7 Å². The molecular weight excluding hydrogens is 368 g/mol. The van der Waals surface area contributed by atoms with Crippen molar-refractivity contribution in [2.24, 2.45) is 5.92 Å². The summed E-state index contributed by atoms with van der Waals surface area (Å²) in [5, 5.41) is 1.08. The fourth-order valence-electron chi connectivity index (χ4n) is 4.38. The van der Waals surface area contributed by atoms with E-state index in [4.69, 9.17) is 0 Å². The Kier molecular flexibility index (Phi) is 5.30. The smallest absolute Gasteiger partial charge is 0.228 e. The standard InChI is InChI=1S/C22H28N4O3/c1-15(2)26-14-17(12-21(26)28)22(29)25-9-7-24(8-10-25)20(27)11-16-13-23-19-6-4-3-5-18(16)19/h3-6,13,15,17,23H,7-12,14H2,1-2H3. The number of nitrogens with zero attached hydrogens (tertiary/aromatic N) is 3. The van der Waals surface area contributed by atoms with Gasteiger partial charge in [0, 0.05) is 62.3 Å². The Morgan fingerprint density at radius 2 is 1.79 bits per heavy atom. The highest BCUT2D eigenvalue weighted by molar-refractivity contribution is 5.90. The van der Waals surface area contributed by atoms with E-state index in [-0.39, 0.29) is 29.7 Å². The van der Waals surface area contributed by atoms with Crippen molar-refractivity contribution in [3.63, 3.8) is 0 Å². The first-order chi connectivity index (χ1) is 13.9. The Morgan fingerprint density at radius 3 is 2.48 bits per heavy atom. The summed E-state index contributed by atoms with van der Waals surface area (Å²) in [6.07, 6.45) is 2.56. The number of carbonyl (C=O) groups is 3. The van der Waals surface area contributed by atoms with Crippen molar-refractivity contribution in [3.8, 4) is 0 Å². The lowest BCUT2D eigenvalue weighted by Gasteiger charge is -2.36. The summed E-state index contributed by atoms with van der Waals surface area (Å²) < 4.78 is 0. The van der Waals surface area contributed by atoms with Crippen LogP contribution in [0.4, 0.5) is 0 Å². The number of piperazine rings is 1. The molecule has 3 amide bonds. The van der Waals surface area contributed by atoms with Crippen LogP contribution in [-0.4, -0.2) is 76.2 Å². The van der Waals surface area contributed by atoms with Crippen LogP contribution in [0.2, 0.25) is 0 Å². The third-order valence-electron chi connectivity index (χ3n) is 6.09. The minimum atomic E-state index is -0.252. The second-order valence-electron chi connectivity index (χ2n) is 8.28. The summed E-state index contributed by atoms with van der Waals surface area (Å²) in [7, 11) is 0. The number of para-hydroxylation sites is 1. The van der Waals surface area contributed by atoms with Crippen molar-refractivity contribution >= 4 is 28.6 Å². The largest absolute Gasteiger partial charge is 0.361 e. The van der Waals surface area contributed by atoms with E-state index in [0.717, 1.165) is 16.5 Å². The maximum absolute atomic E-state index is 12.8. The maximum atomic E-state index is 12.8. The van der Waals surface area contributed by atoms with Gasteiger partial charge in [-0.3, -0.25) is 14.4 Å². The minimum absolute atomic E-state index is 0.0465. The van der Waals surface area contributed by atoms with Gasteiger partial charge in [-0.15, -0.1) is 0 Å². The van der Waals surface area contributed by atoms with Crippen LogP contribution in [0.15, 0.2) is 30.5 Å². The number of nitrogens with one attached hydrogen (secondary N) is 1. The molecular formula is C22H28N4O3. The topological polar surface area (TPSA) is 76.7 Å². The van der Waals surface area contributed by atoms with Gasteiger partial charge in [0.15, 0.2) is 0 Å². The Hall–Kier alpha value is -2.83. The van der Waals surface area contributed by atoms with Crippen molar-refractivity contribution in [1.82, 2.24) is 19.7 Å². The summed E-state index contributed by atoms with van der Waals surface area (Å²) in [5.74, 6) is -0.0571. The van der Waals surface area contributed by atoms with Crippen LogP contribution in [0.5, 0.6) is 0 Å². The summed E-state index contributed by atoms with van der Waals surface area (Å²) in [6.45, 7) is 6.61. The van der Waals surface area contributed by atoms with Gasteiger partial charge in [0.25, 0.3) is 0 Å². The van der Waals surface area contributed by atoms with Crippen LogP contribution in [0.1, 0.15) is 25.8 Å². The average molecular weight is 396 g/mol. The van der Waals surface area contributed by atoms with Crippen LogP contribution in [0.3, 0.4) is 0 Å². The lowest BCUT2D eigenvalue weighted by atomic mass is 10.1. The number of hydrogen-bond donors (Lipinski definition) is 1. The second kappa shape index (κ2) is 7.89. The van der Waals surface area contributed by atoms with Gasteiger partial charge in [-0.25, -0.2) is 0 Å². The minimum Gasteiger partial charge on any atom is -0.361 e. The van der Waals surface area contributed by atoms with Gasteiger partial charge in [-0.2, -0.15) is 0 Å². The van der Waals surface area contributed by atoms with Gasteiger partial charge in [-0.1, -0.05) is 18.2 Å². The molecule has 1 unspecified atom stereocenters. The van der Waals surface area contributed by atoms with E-state index in [9.17, 15) is 14.4 Å².